The Balaban J connectivity index is 1.44. The SMILES string of the molecule is O=C(c1ccc(-n2cccc2)cc1)N1CCSC(c2ccco2)CC1. The van der Waals surface area contributed by atoms with Crippen LogP contribution in [0.4, 0.5) is 0 Å². The van der Waals surface area contributed by atoms with Crippen LogP contribution in [-0.4, -0.2) is 34.2 Å². The van der Waals surface area contributed by atoms with Crippen LogP contribution < -0.4 is 0 Å². The summed E-state index contributed by atoms with van der Waals surface area (Å²) < 4.78 is 7.56. The Morgan fingerprint density at radius 3 is 2.56 bits per heavy atom. The molecule has 0 saturated carbocycles. The van der Waals surface area contributed by atoms with Gasteiger partial charge in [0.25, 0.3) is 5.91 Å². The summed E-state index contributed by atoms with van der Waals surface area (Å²) in [5, 5.41) is 0.337. The summed E-state index contributed by atoms with van der Waals surface area (Å²) in [4.78, 5) is 14.8. The van der Waals surface area contributed by atoms with Crippen LogP contribution >= 0.6 is 11.8 Å². The highest BCUT2D eigenvalue weighted by molar-refractivity contribution is 7.99. The number of hydrogen-bond donors (Lipinski definition) is 0. The van der Waals surface area contributed by atoms with E-state index < -0.39 is 0 Å². The van der Waals surface area contributed by atoms with E-state index in [9.17, 15) is 4.79 Å². The molecule has 2 aromatic heterocycles. The van der Waals surface area contributed by atoms with Gasteiger partial charge in [-0.3, -0.25) is 4.79 Å². The Kier molecular flexibility index (Phi) is 4.65. The van der Waals surface area contributed by atoms with Gasteiger partial charge >= 0.3 is 0 Å². The van der Waals surface area contributed by atoms with Crippen molar-refractivity contribution in [3.63, 3.8) is 0 Å². The van der Waals surface area contributed by atoms with Gasteiger partial charge in [0, 0.05) is 42.5 Å². The summed E-state index contributed by atoms with van der Waals surface area (Å²) in [6, 6.07) is 15.7. The predicted molar refractivity (Wildman–Crippen MR) is 100 cm³/mol. The number of nitrogens with zero attached hydrogens (tertiary/aromatic N) is 2. The molecule has 0 bridgehead atoms. The van der Waals surface area contributed by atoms with Gasteiger partial charge in [-0.15, -0.1) is 11.8 Å². The lowest BCUT2D eigenvalue weighted by atomic mass is 10.1. The molecule has 1 aliphatic rings. The average Bonchev–Trinajstić information content (AvgIpc) is 3.32. The first-order chi connectivity index (χ1) is 12.3. The van der Waals surface area contributed by atoms with Crippen molar-refractivity contribution in [2.24, 2.45) is 0 Å². The maximum Gasteiger partial charge on any atom is 0.253 e. The van der Waals surface area contributed by atoms with E-state index in [4.69, 9.17) is 4.42 Å². The molecule has 0 spiro atoms. The van der Waals surface area contributed by atoms with Gasteiger partial charge < -0.3 is 13.9 Å². The molecular weight excluding hydrogens is 332 g/mol. The average molecular weight is 352 g/mol. The molecule has 4 nitrogen and oxygen atoms in total. The molecule has 25 heavy (non-hydrogen) atoms. The van der Waals surface area contributed by atoms with Crippen LogP contribution in [0.25, 0.3) is 5.69 Å². The second-order valence-corrected chi connectivity index (χ2v) is 7.40. The zero-order valence-electron chi connectivity index (χ0n) is 13.9. The molecule has 1 unspecified atom stereocenters. The highest BCUT2D eigenvalue weighted by Gasteiger charge is 2.24. The zero-order valence-corrected chi connectivity index (χ0v) is 14.7. The number of furan rings is 1. The van der Waals surface area contributed by atoms with Crippen molar-refractivity contribution < 1.29 is 9.21 Å². The van der Waals surface area contributed by atoms with Gasteiger partial charge in [0.15, 0.2) is 0 Å². The summed E-state index contributed by atoms with van der Waals surface area (Å²) in [6.07, 6.45) is 6.64. The van der Waals surface area contributed by atoms with Crippen LogP contribution in [0.5, 0.6) is 0 Å². The smallest absolute Gasteiger partial charge is 0.253 e. The fourth-order valence-corrected chi connectivity index (χ4v) is 4.32. The second-order valence-electron chi connectivity index (χ2n) is 6.09. The fraction of sp³-hybridized carbons (Fsp3) is 0.250. The minimum absolute atomic E-state index is 0.111. The highest BCUT2D eigenvalue weighted by atomic mass is 32.2. The summed E-state index contributed by atoms with van der Waals surface area (Å²) in [6.45, 7) is 1.54. The van der Waals surface area contributed by atoms with E-state index in [2.05, 4.69) is 0 Å². The second kappa shape index (κ2) is 7.23. The van der Waals surface area contributed by atoms with Crippen LogP contribution in [0.2, 0.25) is 0 Å². The molecule has 0 aliphatic carbocycles. The number of benzene rings is 1. The number of amides is 1. The third kappa shape index (κ3) is 3.51. The lowest BCUT2D eigenvalue weighted by Crippen LogP contribution is -2.32. The number of thioether (sulfide) groups is 1. The minimum Gasteiger partial charge on any atom is -0.468 e. The normalized spacial score (nSPS) is 18.1. The molecule has 3 aromatic rings. The van der Waals surface area contributed by atoms with Gasteiger partial charge in [-0.2, -0.15) is 0 Å². The Morgan fingerprint density at radius 2 is 1.84 bits per heavy atom. The van der Waals surface area contributed by atoms with Crippen molar-refractivity contribution in [2.75, 3.05) is 18.8 Å². The largest absolute Gasteiger partial charge is 0.468 e. The molecule has 1 saturated heterocycles. The number of carbonyl (C=O) groups is 1. The van der Waals surface area contributed by atoms with Crippen molar-refractivity contribution in [3.8, 4) is 5.69 Å². The first-order valence-electron chi connectivity index (χ1n) is 8.49. The molecule has 1 fully saturated rings. The van der Waals surface area contributed by atoms with E-state index in [0.717, 1.165) is 42.3 Å². The first-order valence-corrected chi connectivity index (χ1v) is 9.54. The van der Waals surface area contributed by atoms with E-state index >= 15 is 0 Å². The molecule has 1 amide bonds. The fourth-order valence-electron chi connectivity index (χ4n) is 3.14. The molecule has 1 aromatic carbocycles. The summed E-state index contributed by atoms with van der Waals surface area (Å²) in [5.74, 6) is 2.05. The summed E-state index contributed by atoms with van der Waals surface area (Å²) >= 11 is 1.87. The van der Waals surface area contributed by atoms with Crippen molar-refractivity contribution in [1.82, 2.24) is 9.47 Å². The lowest BCUT2D eigenvalue weighted by Gasteiger charge is -2.20. The van der Waals surface area contributed by atoms with Crippen molar-refractivity contribution in [2.45, 2.75) is 11.7 Å². The summed E-state index contributed by atoms with van der Waals surface area (Å²) in [5.41, 5.74) is 1.81. The monoisotopic (exact) mass is 352 g/mol. The molecule has 0 radical (unpaired) electrons. The number of hydrogen-bond acceptors (Lipinski definition) is 3. The zero-order chi connectivity index (χ0) is 17.1. The standard InChI is InChI=1S/C20H20N2O2S/c23-20(16-5-7-17(8-6-16)21-10-1-2-11-21)22-12-9-19(25-15-13-22)18-4-3-14-24-18/h1-8,10-11,14,19H,9,12-13,15H2. The first kappa shape index (κ1) is 16.1. The molecule has 5 heteroatoms. The molecule has 1 atom stereocenters. The Bertz CT molecular complexity index is 810. The Labute approximate surface area is 151 Å². The minimum atomic E-state index is 0.111. The van der Waals surface area contributed by atoms with Crippen LogP contribution in [0, 0.1) is 0 Å². The molecular formula is C20H20N2O2S. The third-order valence-corrected chi connectivity index (χ3v) is 5.79. The Morgan fingerprint density at radius 1 is 1.04 bits per heavy atom. The number of aromatic nitrogens is 1. The quantitative estimate of drug-likeness (QED) is 0.702. The maximum atomic E-state index is 12.8. The molecule has 0 N–H and O–H groups in total. The van der Waals surface area contributed by atoms with Crippen LogP contribution in [0.15, 0.2) is 71.6 Å². The van der Waals surface area contributed by atoms with Gasteiger partial charge in [0.1, 0.15) is 5.76 Å². The van der Waals surface area contributed by atoms with Gasteiger partial charge in [0.05, 0.1) is 11.5 Å². The summed E-state index contributed by atoms with van der Waals surface area (Å²) in [7, 11) is 0. The van der Waals surface area contributed by atoms with Gasteiger partial charge in [-0.1, -0.05) is 0 Å². The van der Waals surface area contributed by atoms with E-state index in [1.807, 2.05) is 82.2 Å². The maximum absolute atomic E-state index is 12.8. The number of rotatable bonds is 3. The van der Waals surface area contributed by atoms with Gasteiger partial charge in [-0.25, -0.2) is 0 Å². The molecule has 3 heterocycles. The van der Waals surface area contributed by atoms with Crippen LogP contribution in [0.3, 0.4) is 0 Å². The predicted octanol–water partition coefficient (Wildman–Crippen LogP) is 4.39. The van der Waals surface area contributed by atoms with Crippen LogP contribution in [-0.2, 0) is 0 Å². The molecule has 128 valence electrons. The van der Waals surface area contributed by atoms with E-state index in [-0.39, 0.29) is 5.91 Å². The van der Waals surface area contributed by atoms with E-state index in [0.29, 0.717) is 5.25 Å². The highest BCUT2D eigenvalue weighted by Crippen LogP contribution is 2.34. The molecule has 4 rings (SSSR count). The van der Waals surface area contributed by atoms with Crippen molar-refractivity contribution in [1.29, 1.82) is 0 Å². The number of carbonyl (C=O) groups excluding carboxylic acids is 1. The Hall–Kier alpha value is -2.40. The van der Waals surface area contributed by atoms with Crippen molar-refractivity contribution >= 4 is 17.7 Å². The van der Waals surface area contributed by atoms with Crippen molar-refractivity contribution in [3.05, 3.63) is 78.5 Å². The lowest BCUT2D eigenvalue weighted by molar-refractivity contribution is 0.0766. The molecule has 1 aliphatic heterocycles. The van der Waals surface area contributed by atoms with Gasteiger partial charge in [0.2, 0.25) is 0 Å². The third-order valence-electron chi connectivity index (χ3n) is 4.51. The van der Waals surface area contributed by atoms with E-state index in [1.54, 1.807) is 6.26 Å². The van der Waals surface area contributed by atoms with Gasteiger partial charge in [-0.05, 0) is 55.0 Å². The van der Waals surface area contributed by atoms with E-state index in [1.165, 1.54) is 0 Å². The topological polar surface area (TPSA) is 38.4 Å². The van der Waals surface area contributed by atoms with Crippen LogP contribution in [0.1, 0.15) is 27.8 Å².